The van der Waals surface area contributed by atoms with E-state index >= 15 is 0 Å². The number of halogens is 1. The van der Waals surface area contributed by atoms with Crippen LogP contribution in [0, 0.1) is 0 Å². The average Bonchev–Trinajstić information content (AvgIpc) is 2.91. The quantitative estimate of drug-likeness (QED) is 0.631. The van der Waals surface area contributed by atoms with Crippen molar-refractivity contribution in [2.24, 2.45) is 0 Å². The van der Waals surface area contributed by atoms with E-state index in [1.165, 1.54) is 7.11 Å². The summed E-state index contributed by atoms with van der Waals surface area (Å²) in [6, 6.07) is 13.4. The predicted octanol–water partition coefficient (Wildman–Crippen LogP) is 3.47. The smallest absolute Gasteiger partial charge is 0.337 e. The number of benzene rings is 2. The summed E-state index contributed by atoms with van der Waals surface area (Å²) in [5.74, 6) is -1.58. The van der Waals surface area contributed by atoms with E-state index in [0.29, 0.717) is 16.9 Å². The number of anilines is 2. The third-order valence-electron chi connectivity index (χ3n) is 4.21. The highest BCUT2D eigenvalue weighted by molar-refractivity contribution is 6.53. The highest BCUT2D eigenvalue weighted by Crippen LogP contribution is 2.30. The third kappa shape index (κ3) is 3.57. The molecule has 0 unspecified atom stereocenters. The minimum Gasteiger partial charge on any atom is -0.465 e. The second kappa shape index (κ2) is 7.63. The van der Waals surface area contributed by atoms with E-state index < -0.39 is 17.8 Å². The zero-order valence-electron chi connectivity index (χ0n) is 14.8. The van der Waals surface area contributed by atoms with Gasteiger partial charge in [0.15, 0.2) is 0 Å². The van der Waals surface area contributed by atoms with Gasteiger partial charge in [0.05, 0.1) is 18.4 Å². The lowest BCUT2D eigenvalue weighted by Crippen LogP contribution is -2.32. The fourth-order valence-electron chi connectivity index (χ4n) is 2.68. The van der Waals surface area contributed by atoms with Crippen LogP contribution in [0.15, 0.2) is 59.3 Å². The molecule has 0 saturated carbocycles. The number of carbonyl (C=O) groups is 3. The zero-order valence-corrected chi connectivity index (χ0v) is 15.5. The van der Waals surface area contributed by atoms with Gasteiger partial charge in [-0.05, 0) is 48.4 Å². The number of hydrogen-bond acceptors (Lipinski definition) is 5. The Morgan fingerprint density at radius 2 is 1.67 bits per heavy atom. The molecule has 0 aromatic heterocycles. The molecule has 1 aliphatic rings. The molecule has 6 nitrogen and oxygen atoms in total. The van der Waals surface area contributed by atoms with Crippen LogP contribution in [-0.4, -0.2) is 24.9 Å². The Bertz CT molecular complexity index is 933. The molecule has 3 rings (SSSR count). The molecule has 2 amide bonds. The van der Waals surface area contributed by atoms with Crippen LogP contribution < -0.4 is 10.2 Å². The fraction of sp³-hybridized carbons (Fsp3) is 0.150. The Morgan fingerprint density at radius 3 is 2.22 bits per heavy atom. The summed E-state index contributed by atoms with van der Waals surface area (Å²) in [6.07, 6.45) is 0.857. The van der Waals surface area contributed by atoms with Crippen LogP contribution in [0.3, 0.4) is 0 Å². The maximum Gasteiger partial charge on any atom is 0.337 e. The first-order chi connectivity index (χ1) is 13.0. The first-order valence-corrected chi connectivity index (χ1v) is 8.67. The number of methoxy groups -OCH3 is 1. The van der Waals surface area contributed by atoms with Gasteiger partial charge in [-0.3, -0.25) is 9.59 Å². The number of esters is 1. The van der Waals surface area contributed by atoms with E-state index in [2.05, 4.69) is 10.1 Å². The van der Waals surface area contributed by atoms with Crippen molar-refractivity contribution in [3.8, 4) is 0 Å². The Hall–Kier alpha value is -3.12. The molecule has 27 heavy (non-hydrogen) atoms. The average molecular weight is 385 g/mol. The van der Waals surface area contributed by atoms with Crippen molar-refractivity contribution in [2.75, 3.05) is 17.3 Å². The molecule has 0 aliphatic carbocycles. The second-order valence-electron chi connectivity index (χ2n) is 5.85. The first-order valence-electron chi connectivity index (χ1n) is 8.29. The number of imide groups is 1. The number of carbonyl (C=O) groups excluding carboxylic acids is 3. The molecular weight excluding hydrogens is 368 g/mol. The molecule has 2 aromatic carbocycles. The standard InChI is InChI=1S/C20H17ClN2O4/c1-3-12-4-10-15(11-5-12)23-18(24)16(21)17(19(23)25)22-14-8-6-13(7-9-14)20(26)27-2/h4-11,22H,3H2,1-2H3. The van der Waals surface area contributed by atoms with Crippen LogP contribution in [0.5, 0.6) is 0 Å². The van der Waals surface area contributed by atoms with Crippen LogP contribution in [0.1, 0.15) is 22.8 Å². The van der Waals surface area contributed by atoms with Crippen molar-refractivity contribution >= 4 is 40.8 Å². The van der Waals surface area contributed by atoms with E-state index in [1.807, 2.05) is 19.1 Å². The molecule has 0 bridgehead atoms. The molecule has 1 aliphatic heterocycles. The van der Waals surface area contributed by atoms with Crippen molar-refractivity contribution in [3.05, 3.63) is 70.4 Å². The summed E-state index contributed by atoms with van der Waals surface area (Å²) in [7, 11) is 1.30. The van der Waals surface area contributed by atoms with Crippen molar-refractivity contribution < 1.29 is 19.1 Å². The van der Waals surface area contributed by atoms with Gasteiger partial charge >= 0.3 is 5.97 Å². The number of nitrogens with one attached hydrogen (secondary N) is 1. The number of ether oxygens (including phenoxy) is 1. The van der Waals surface area contributed by atoms with E-state index in [9.17, 15) is 14.4 Å². The number of aryl methyl sites for hydroxylation is 1. The Balaban J connectivity index is 1.82. The normalized spacial score (nSPS) is 14.0. The van der Waals surface area contributed by atoms with Crippen LogP contribution in [0.2, 0.25) is 0 Å². The van der Waals surface area contributed by atoms with Crippen molar-refractivity contribution in [3.63, 3.8) is 0 Å². The van der Waals surface area contributed by atoms with Crippen LogP contribution in [-0.2, 0) is 20.7 Å². The van der Waals surface area contributed by atoms with E-state index in [1.54, 1.807) is 36.4 Å². The summed E-state index contributed by atoms with van der Waals surface area (Å²) in [5.41, 5.74) is 2.43. The highest BCUT2D eigenvalue weighted by Gasteiger charge is 2.38. The van der Waals surface area contributed by atoms with Gasteiger partial charge in [-0.25, -0.2) is 9.69 Å². The lowest BCUT2D eigenvalue weighted by molar-refractivity contribution is -0.120. The summed E-state index contributed by atoms with van der Waals surface area (Å²) in [6.45, 7) is 2.02. The zero-order chi connectivity index (χ0) is 19.6. The maximum absolute atomic E-state index is 12.7. The molecule has 0 fully saturated rings. The van der Waals surface area contributed by atoms with Gasteiger partial charge < -0.3 is 10.1 Å². The molecule has 1 heterocycles. The Morgan fingerprint density at radius 1 is 1.04 bits per heavy atom. The van der Waals surface area contributed by atoms with Crippen molar-refractivity contribution in [2.45, 2.75) is 13.3 Å². The molecule has 138 valence electrons. The molecule has 0 atom stereocenters. The van der Waals surface area contributed by atoms with Crippen molar-refractivity contribution in [1.82, 2.24) is 0 Å². The summed E-state index contributed by atoms with van der Waals surface area (Å²) in [4.78, 5) is 37.7. The summed E-state index contributed by atoms with van der Waals surface area (Å²) >= 11 is 6.11. The Kier molecular flexibility index (Phi) is 5.28. The van der Waals surface area contributed by atoms with E-state index in [-0.39, 0.29) is 10.7 Å². The van der Waals surface area contributed by atoms with Crippen LogP contribution in [0.4, 0.5) is 11.4 Å². The molecule has 7 heteroatoms. The molecule has 0 spiro atoms. The van der Waals surface area contributed by atoms with E-state index in [4.69, 9.17) is 11.6 Å². The lowest BCUT2D eigenvalue weighted by atomic mass is 10.1. The lowest BCUT2D eigenvalue weighted by Gasteiger charge is -2.15. The second-order valence-corrected chi connectivity index (χ2v) is 6.23. The topological polar surface area (TPSA) is 75.7 Å². The van der Waals surface area contributed by atoms with Crippen LogP contribution >= 0.6 is 11.6 Å². The molecule has 1 N–H and O–H groups in total. The third-order valence-corrected chi connectivity index (χ3v) is 4.56. The largest absolute Gasteiger partial charge is 0.465 e. The van der Waals surface area contributed by atoms with Gasteiger partial charge in [0, 0.05) is 5.69 Å². The minimum atomic E-state index is -0.584. The van der Waals surface area contributed by atoms with Gasteiger partial charge in [-0.2, -0.15) is 0 Å². The molecular formula is C20H17ClN2O4. The van der Waals surface area contributed by atoms with E-state index in [0.717, 1.165) is 16.9 Å². The number of rotatable bonds is 5. The van der Waals surface area contributed by atoms with Crippen molar-refractivity contribution in [1.29, 1.82) is 0 Å². The van der Waals surface area contributed by atoms with Crippen LogP contribution in [0.25, 0.3) is 0 Å². The molecule has 0 saturated heterocycles. The van der Waals surface area contributed by atoms with Gasteiger partial charge in [-0.1, -0.05) is 30.7 Å². The summed E-state index contributed by atoms with van der Waals surface area (Å²) < 4.78 is 4.64. The fourth-order valence-corrected chi connectivity index (χ4v) is 2.89. The Labute approximate surface area is 161 Å². The predicted molar refractivity (Wildman–Crippen MR) is 103 cm³/mol. The number of hydrogen-bond donors (Lipinski definition) is 1. The van der Waals surface area contributed by atoms with Gasteiger partial charge in [0.25, 0.3) is 11.8 Å². The maximum atomic E-state index is 12.7. The van der Waals surface area contributed by atoms with Gasteiger partial charge in [-0.15, -0.1) is 0 Å². The minimum absolute atomic E-state index is 0.00736. The molecule has 0 radical (unpaired) electrons. The number of amides is 2. The SMILES string of the molecule is CCc1ccc(N2C(=O)C(Cl)=C(Nc3ccc(C(=O)OC)cc3)C2=O)cc1. The highest BCUT2D eigenvalue weighted by atomic mass is 35.5. The summed E-state index contributed by atoms with van der Waals surface area (Å²) in [5, 5.41) is 2.68. The molecule has 2 aromatic rings. The monoisotopic (exact) mass is 384 g/mol. The van der Waals surface area contributed by atoms with Gasteiger partial charge in [0.1, 0.15) is 10.7 Å². The first kappa shape index (κ1) is 18.7. The van der Waals surface area contributed by atoms with Gasteiger partial charge in [0.2, 0.25) is 0 Å². The number of nitrogens with zero attached hydrogens (tertiary/aromatic N) is 1.